The molecule has 2 unspecified atom stereocenters. The zero-order valence-corrected chi connectivity index (χ0v) is 15.2. The van der Waals surface area contributed by atoms with Gasteiger partial charge in [-0.3, -0.25) is 4.79 Å². The fraction of sp³-hybridized carbons (Fsp3) is 0.556. The fourth-order valence-corrected chi connectivity index (χ4v) is 2.64. The highest BCUT2D eigenvalue weighted by Crippen LogP contribution is 2.23. The van der Waals surface area contributed by atoms with Crippen molar-refractivity contribution in [2.45, 2.75) is 57.8 Å². The van der Waals surface area contributed by atoms with Crippen LogP contribution in [0.2, 0.25) is 0 Å². The standard InChI is InChI=1S/C18H24BNO5/c1-18(2,3)23-17(21)12-16-11-15(9-10-20)24-19(25-16)13-5-7-14(22-4)8-6-13/h5-8,15-16H,9,11-12H2,1-4H3. The molecule has 0 saturated carbocycles. The Bertz CT molecular complexity index is 620. The van der Waals surface area contributed by atoms with E-state index < -0.39 is 12.7 Å². The van der Waals surface area contributed by atoms with Gasteiger partial charge in [-0.05, 0) is 44.8 Å². The van der Waals surface area contributed by atoms with Crippen LogP contribution in [0.1, 0.15) is 40.0 Å². The summed E-state index contributed by atoms with van der Waals surface area (Å²) < 4.78 is 22.3. The van der Waals surface area contributed by atoms with Gasteiger partial charge in [0.1, 0.15) is 11.4 Å². The van der Waals surface area contributed by atoms with Crippen LogP contribution in [0.25, 0.3) is 0 Å². The van der Waals surface area contributed by atoms with Crippen molar-refractivity contribution in [2.75, 3.05) is 7.11 Å². The van der Waals surface area contributed by atoms with E-state index in [0.29, 0.717) is 6.42 Å². The SMILES string of the molecule is COc1ccc(B2OC(CC#N)CC(CC(=O)OC(C)(C)C)O2)cc1. The normalized spacial score (nSPS) is 20.7. The Labute approximate surface area is 149 Å². The molecule has 1 saturated heterocycles. The van der Waals surface area contributed by atoms with E-state index in [1.807, 2.05) is 45.0 Å². The number of hydrogen-bond acceptors (Lipinski definition) is 6. The zero-order valence-electron chi connectivity index (χ0n) is 15.2. The van der Waals surface area contributed by atoms with Crippen LogP contribution in [-0.2, 0) is 18.8 Å². The number of ether oxygens (including phenoxy) is 2. The molecule has 6 nitrogen and oxygen atoms in total. The van der Waals surface area contributed by atoms with Crippen LogP contribution in [0.4, 0.5) is 0 Å². The zero-order chi connectivity index (χ0) is 18.4. The van der Waals surface area contributed by atoms with Crippen LogP contribution in [0.15, 0.2) is 24.3 Å². The maximum atomic E-state index is 12.1. The molecule has 0 N–H and O–H groups in total. The minimum atomic E-state index is -0.620. The largest absolute Gasteiger partial charge is 0.497 e. The molecule has 0 amide bonds. The summed E-state index contributed by atoms with van der Waals surface area (Å²) in [6.45, 7) is 5.48. The van der Waals surface area contributed by atoms with Gasteiger partial charge in [-0.25, -0.2) is 0 Å². The number of carbonyl (C=O) groups is 1. The molecule has 134 valence electrons. The lowest BCUT2D eigenvalue weighted by Gasteiger charge is -2.33. The Hall–Kier alpha value is -2.04. The van der Waals surface area contributed by atoms with Crippen molar-refractivity contribution in [3.63, 3.8) is 0 Å². The molecule has 2 atom stereocenters. The molecule has 0 aromatic heterocycles. The van der Waals surface area contributed by atoms with Crippen LogP contribution in [0, 0.1) is 11.3 Å². The van der Waals surface area contributed by atoms with E-state index in [4.69, 9.17) is 24.0 Å². The minimum Gasteiger partial charge on any atom is -0.497 e. The maximum Gasteiger partial charge on any atom is 0.494 e. The number of methoxy groups -OCH3 is 1. The highest BCUT2D eigenvalue weighted by molar-refractivity contribution is 6.61. The van der Waals surface area contributed by atoms with E-state index in [1.165, 1.54) is 0 Å². The molecule has 2 rings (SSSR count). The van der Waals surface area contributed by atoms with Gasteiger partial charge in [0.15, 0.2) is 0 Å². The third kappa shape index (κ3) is 6.07. The summed E-state index contributed by atoms with van der Waals surface area (Å²) in [6.07, 6.45) is 0.238. The summed E-state index contributed by atoms with van der Waals surface area (Å²) in [7, 11) is 0.980. The summed E-state index contributed by atoms with van der Waals surface area (Å²) >= 11 is 0. The van der Waals surface area contributed by atoms with Crippen molar-refractivity contribution in [1.82, 2.24) is 0 Å². The highest BCUT2D eigenvalue weighted by Gasteiger charge is 2.37. The topological polar surface area (TPSA) is 77.8 Å². The van der Waals surface area contributed by atoms with Crippen LogP contribution < -0.4 is 10.2 Å². The molecule has 1 aromatic carbocycles. The third-order valence-electron chi connectivity index (χ3n) is 3.68. The smallest absolute Gasteiger partial charge is 0.494 e. The van der Waals surface area contributed by atoms with E-state index in [0.717, 1.165) is 11.2 Å². The van der Waals surface area contributed by atoms with E-state index in [-0.39, 0.29) is 31.0 Å². The van der Waals surface area contributed by atoms with E-state index >= 15 is 0 Å². The second kappa shape index (κ2) is 8.37. The molecule has 1 heterocycles. The van der Waals surface area contributed by atoms with Gasteiger partial charge in [-0.2, -0.15) is 5.26 Å². The van der Waals surface area contributed by atoms with E-state index in [2.05, 4.69) is 6.07 Å². The molecule has 25 heavy (non-hydrogen) atoms. The Morgan fingerprint density at radius 2 is 1.92 bits per heavy atom. The fourth-order valence-electron chi connectivity index (χ4n) is 2.64. The average Bonchev–Trinajstić information content (AvgIpc) is 2.53. The lowest BCUT2D eigenvalue weighted by molar-refractivity contribution is -0.157. The molecule has 7 heteroatoms. The van der Waals surface area contributed by atoms with Gasteiger partial charge in [0.05, 0.1) is 38.2 Å². The van der Waals surface area contributed by atoms with Gasteiger partial charge in [-0.15, -0.1) is 0 Å². The second-order valence-electron chi connectivity index (χ2n) is 7.01. The predicted octanol–water partition coefficient (Wildman–Crippen LogP) is 2.21. The van der Waals surface area contributed by atoms with E-state index in [9.17, 15) is 4.79 Å². The first-order valence-corrected chi connectivity index (χ1v) is 8.34. The van der Waals surface area contributed by atoms with Crippen LogP contribution in [0.3, 0.4) is 0 Å². The molecule has 1 aromatic rings. The lowest BCUT2D eigenvalue weighted by atomic mass is 9.76. The number of rotatable bonds is 5. The van der Waals surface area contributed by atoms with Crippen LogP contribution in [-0.4, -0.2) is 38.0 Å². The number of nitrogens with zero attached hydrogens (tertiary/aromatic N) is 1. The second-order valence-corrected chi connectivity index (χ2v) is 7.01. The lowest BCUT2D eigenvalue weighted by Crippen LogP contribution is -2.49. The first kappa shape index (κ1) is 19.3. The highest BCUT2D eigenvalue weighted by atomic mass is 16.6. The van der Waals surface area contributed by atoms with Crippen molar-refractivity contribution in [3.8, 4) is 11.8 Å². The molecule has 0 aliphatic carbocycles. The monoisotopic (exact) mass is 345 g/mol. The number of hydrogen-bond donors (Lipinski definition) is 0. The molecular formula is C18H24BNO5. The molecule has 1 aliphatic heterocycles. The van der Waals surface area contributed by atoms with Crippen molar-refractivity contribution in [1.29, 1.82) is 5.26 Å². The van der Waals surface area contributed by atoms with Crippen LogP contribution >= 0.6 is 0 Å². The molecule has 1 aliphatic rings. The average molecular weight is 345 g/mol. The Kier molecular flexibility index (Phi) is 6.46. The maximum absolute atomic E-state index is 12.1. The van der Waals surface area contributed by atoms with Crippen molar-refractivity contribution >= 4 is 18.6 Å². The van der Waals surface area contributed by atoms with Gasteiger partial charge in [0, 0.05) is 0 Å². The van der Waals surface area contributed by atoms with Gasteiger partial charge < -0.3 is 18.8 Å². The Morgan fingerprint density at radius 1 is 1.28 bits per heavy atom. The van der Waals surface area contributed by atoms with Gasteiger partial charge in [0.25, 0.3) is 0 Å². The summed E-state index contributed by atoms with van der Waals surface area (Å²) in [5.41, 5.74) is 0.279. The van der Waals surface area contributed by atoms with Gasteiger partial charge in [0.2, 0.25) is 0 Å². The summed E-state index contributed by atoms with van der Waals surface area (Å²) in [5, 5.41) is 8.99. The Balaban J connectivity index is 2.07. The molecular weight excluding hydrogens is 321 g/mol. The summed E-state index contributed by atoms with van der Waals surface area (Å²) in [6, 6.07) is 9.46. The number of nitriles is 1. The molecule has 0 bridgehead atoms. The first-order chi connectivity index (χ1) is 11.8. The molecule has 0 radical (unpaired) electrons. The first-order valence-electron chi connectivity index (χ1n) is 8.34. The minimum absolute atomic E-state index is 0.134. The van der Waals surface area contributed by atoms with E-state index in [1.54, 1.807) is 7.11 Å². The summed E-state index contributed by atoms with van der Waals surface area (Å²) in [4.78, 5) is 12.1. The van der Waals surface area contributed by atoms with Crippen molar-refractivity contribution < 1.29 is 23.6 Å². The third-order valence-corrected chi connectivity index (χ3v) is 3.68. The van der Waals surface area contributed by atoms with Crippen molar-refractivity contribution in [3.05, 3.63) is 24.3 Å². The predicted molar refractivity (Wildman–Crippen MR) is 93.4 cm³/mol. The molecule has 1 fully saturated rings. The molecule has 0 spiro atoms. The Morgan fingerprint density at radius 3 is 2.48 bits per heavy atom. The van der Waals surface area contributed by atoms with Gasteiger partial charge in [-0.1, -0.05) is 12.1 Å². The number of benzene rings is 1. The number of esters is 1. The van der Waals surface area contributed by atoms with Gasteiger partial charge >= 0.3 is 13.1 Å². The number of carbonyl (C=O) groups excluding carboxylic acids is 1. The summed E-state index contributed by atoms with van der Waals surface area (Å²) in [5.74, 6) is 0.419. The van der Waals surface area contributed by atoms with Crippen molar-refractivity contribution in [2.24, 2.45) is 0 Å². The quantitative estimate of drug-likeness (QED) is 0.601. The van der Waals surface area contributed by atoms with Crippen LogP contribution in [0.5, 0.6) is 5.75 Å².